The molecule has 3 rings (SSSR count). The quantitative estimate of drug-likeness (QED) is 0.850. The molecule has 1 aromatic heterocycles. The standard InChI is InChI=1S/C16H20N4/c1-3-15-9-16(19-11(2)18-15)20-7-6-12-4-5-14(17)8-13(12)10-20/h4-5,8-9H,3,6-7,10,17H2,1-2H3. The van der Waals surface area contributed by atoms with E-state index in [0.717, 1.165) is 49.0 Å². The summed E-state index contributed by atoms with van der Waals surface area (Å²) in [6.45, 7) is 5.95. The van der Waals surface area contributed by atoms with Crippen molar-refractivity contribution in [2.24, 2.45) is 0 Å². The number of anilines is 2. The molecule has 20 heavy (non-hydrogen) atoms. The first-order chi connectivity index (χ1) is 9.65. The molecule has 0 atom stereocenters. The van der Waals surface area contributed by atoms with Crippen LogP contribution in [0.2, 0.25) is 0 Å². The van der Waals surface area contributed by atoms with Crippen LogP contribution in [-0.4, -0.2) is 16.5 Å². The zero-order valence-electron chi connectivity index (χ0n) is 12.1. The highest BCUT2D eigenvalue weighted by atomic mass is 15.2. The van der Waals surface area contributed by atoms with Crippen LogP contribution in [0.4, 0.5) is 11.5 Å². The minimum Gasteiger partial charge on any atom is -0.399 e. The maximum Gasteiger partial charge on any atom is 0.132 e. The maximum atomic E-state index is 5.89. The molecule has 4 nitrogen and oxygen atoms in total. The van der Waals surface area contributed by atoms with Crippen LogP contribution in [0.1, 0.15) is 29.6 Å². The molecule has 0 spiro atoms. The van der Waals surface area contributed by atoms with Crippen molar-refractivity contribution in [1.29, 1.82) is 0 Å². The first kappa shape index (κ1) is 12.9. The molecule has 1 aliphatic rings. The van der Waals surface area contributed by atoms with Gasteiger partial charge in [-0.15, -0.1) is 0 Å². The van der Waals surface area contributed by atoms with Gasteiger partial charge in [-0.1, -0.05) is 13.0 Å². The van der Waals surface area contributed by atoms with E-state index in [9.17, 15) is 0 Å². The minimum atomic E-state index is 0.832. The van der Waals surface area contributed by atoms with Crippen molar-refractivity contribution in [1.82, 2.24) is 9.97 Å². The minimum absolute atomic E-state index is 0.832. The number of aryl methyl sites for hydroxylation is 2. The maximum absolute atomic E-state index is 5.89. The molecule has 0 amide bonds. The molecule has 104 valence electrons. The second-order valence-electron chi connectivity index (χ2n) is 5.32. The Labute approximate surface area is 119 Å². The van der Waals surface area contributed by atoms with E-state index in [1.807, 2.05) is 13.0 Å². The molecule has 1 aliphatic heterocycles. The van der Waals surface area contributed by atoms with Gasteiger partial charge in [0.05, 0.1) is 0 Å². The van der Waals surface area contributed by atoms with E-state index in [0.29, 0.717) is 0 Å². The lowest BCUT2D eigenvalue weighted by Gasteiger charge is -2.30. The van der Waals surface area contributed by atoms with E-state index in [1.165, 1.54) is 11.1 Å². The van der Waals surface area contributed by atoms with Gasteiger partial charge in [0.2, 0.25) is 0 Å². The monoisotopic (exact) mass is 268 g/mol. The third-order valence-corrected chi connectivity index (χ3v) is 3.81. The molecule has 0 bridgehead atoms. The predicted molar refractivity (Wildman–Crippen MR) is 81.8 cm³/mol. The fraction of sp³-hybridized carbons (Fsp3) is 0.375. The lowest BCUT2D eigenvalue weighted by Crippen LogP contribution is -2.31. The lowest BCUT2D eigenvalue weighted by molar-refractivity contribution is 0.715. The summed E-state index contributed by atoms with van der Waals surface area (Å²) in [4.78, 5) is 11.3. The molecule has 0 unspecified atom stereocenters. The van der Waals surface area contributed by atoms with Gasteiger partial charge in [0.1, 0.15) is 11.6 Å². The van der Waals surface area contributed by atoms with Crippen LogP contribution in [0.15, 0.2) is 24.3 Å². The Hall–Kier alpha value is -2.10. The van der Waals surface area contributed by atoms with Gasteiger partial charge < -0.3 is 10.6 Å². The summed E-state index contributed by atoms with van der Waals surface area (Å²) in [6, 6.07) is 8.31. The van der Waals surface area contributed by atoms with Crippen molar-refractivity contribution in [3.05, 3.63) is 46.9 Å². The van der Waals surface area contributed by atoms with E-state index in [1.54, 1.807) is 0 Å². The number of benzene rings is 1. The fourth-order valence-electron chi connectivity index (χ4n) is 2.73. The highest BCUT2D eigenvalue weighted by molar-refractivity contribution is 5.50. The van der Waals surface area contributed by atoms with Crippen molar-refractivity contribution in [2.75, 3.05) is 17.2 Å². The molecule has 2 N–H and O–H groups in total. The summed E-state index contributed by atoms with van der Waals surface area (Å²) in [5, 5.41) is 0. The Morgan fingerprint density at radius 2 is 2.05 bits per heavy atom. The van der Waals surface area contributed by atoms with Crippen molar-refractivity contribution < 1.29 is 0 Å². The molecule has 2 aromatic rings. The zero-order valence-corrected chi connectivity index (χ0v) is 12.1. The number of nitrogens with zero attached hydrogens (tertiary/aromatic N) is 3. The Kier molecular flexibility index (Phi) is 3.30. The second-order valence-corrected chi connectivity index (χ2v) is 5.32. The highest BCUT2D eigenvalue weighted by Gasteiger charge is 2.18. The third kappa shape index (κ3) is 2.46. The summed E-state index contributed by atoms with van der Waals surface area (Å²) in [7, 11) is 0. The van der Waals surface area contributed by atoms with E-state index in [2.05, 4.69) is 40.0 Å². The number of aromatic nitrogens is 2. The fourth-order valence-corrected chi connectivity index (χ4v) is 2.73. The first-order valence-corrected chi connectivity index (χ1v) is 7.12. The van der Waals surface area contributed by atoms with Gasteiger partial charge in [-0.2, -0.15) is 0 Å². The van der Waals surface area contributed by atoms with E-state index in [4.69, 9.17) is 5.73 Å². The van der Waals surface area contributed by atoms with Gasteiger partial charge in [0.15, 0.2) is 0 Å². The van der Waals surface area contributed by atoms with Crippen LogP contribution < -0.4 is 10.6 Å². The van der Waals surface area contributed by atoms with Gasteiger partial charge in [-0.3, -0.25) is 0 Å². The highest BCUT2D eigenvalue weighted by Crippen LogP contribution is 2.25. The summed E-state index contributed by atoms with van der Waals surface area (Å²) >= 11 is 0. The van der Waals surface area contributed by atoms with Crippen molar-refractivity contribution >= 4 is 11.5 Å². The van der Waals surface area contributed by atoms with Crippen LogP contribution in [0.5, 0.6) is 0 Å². The van der Waals surface area contributed by atoms with Crippen LogP contribution in [0, 0.1) is 6.92 Å². The summed E-state index contributed by atoms with van der Waals surface area (Å²) in [5.41, 5.74) is 10.5. The third-order valence-electron chi connectivity index (χ3n) is 3.81. The number of hydrogen-bond donors (Lipinski definition) is 1. The molecule has 4 heteroatoms. The zero-order chi connectivity index (χ0) is 14.1. The molecule has 1 aromatic carbocycles. The molecule has 0 aliphatic carbocycles. The number of nitrogens with two attached hydrogens (primary N) is 1. The molecule has 0 fully saturated rings. The van der Waals surface area contributed by atoms with Gasteiger partial charge >= 0.3 is 0 Å². The number of fused-ring (bicyclic) bond motifs is 1. The SMILES string of the molecule is CCc1cc(N2CCc3ccc(N)cc3C2)nc(C)n1. The Balaban J connectivity index is 1.91. The summed E-state index contributed by atoms with van der Waals surface area (Å²) < 4.78 is 0. The average Bonchev–Trinajstić information content (AvgIpc) is 2.45. The van der Waals surface area contributed by atoms with Crippen molar-refractivity contribution in [2.45, 2.75) is 33.2 Å². The van der Waals surface area contributed by atoms with E-state index < -0.39 is 0 Å². The normalized spacial score (nSPS) is 14.2. The Bertz CT molecular complexity index is 636. The molecule has 2 heterocycles. The van der Waals surface area contributed by atoms with Crippen LogP contribution in [0.25, 0.3) is 0 Å². The topological polar surface area (TPSA) is 55.0 Å². The largest absolute Gasteiger partial charge is 0.399 e. The predicted octanol–water partition coefficient (Wildman–Crippen LogP) is 2.49. The number of hydrogen-bond acceptors (Lipinski definition) is 4. The lowest BCUT2D eigenvalue weighted by atomic mass is 9.99. The van der Waals surface area contributed by atoms with Gasteiger partial charge in [-0.05, 0) is 43.0 Å². The molecular weight excluding hydrogens is 248 g/mol. The first-order valence-electron chi connectivity index (χ1n) is 7.12. The molecule has 0 saturated carbocycles. The van der Waals surface area contributed by atoms with Crippen LogP contribution >= 0.6 is 0 Å². The van der Waals surface area contributed by atoms with Crippen LogP contribution in [0.3, 0.4) is 0 Å². The van der Waals surface area contributed by atoms with Gasteiger partial charge in [0, 0.05) is 30.5 Å². The smallest absolute Gasteiger partial charge is 0.132 e. The average molecular weight is 268 g/mol. The number of nitrogen functional groups attached to an aromatic ring is 1. The molecule has 0 radical (unpaired) electrons. The van der Waals surface area contributed by atoms with Crippen molar-refractivity contribution in [3.63, 3.8) is 0 Å². The van der Waals surface area contributed by atoms with E-state index >= 15 is 0 Å². The van der Waals surface area contributed by atoms with E-state index in [-0.39, 0.29) is 0 Å². The van der Waals surface area contributed by atoms with Crippen molar-refractivity contribution in [3.8, 4) is 0 Å². The van der Waals surface area contributed by atoms with Crippen LogP contribution in [-0.2, 0) is 19.4 Å². The Morgan fingerprint density at radius 3 is 2.85 bits per heavy atom. The van der Waals surface area contributed by atoms with Gasteiger partial charge in [-0.25, -0.2) is 9.97 Å². The number of rotatable bonds is 2. The summed E-state index contributed by atoms with van der Waals surface area (Å²) in [6.07, 6.45) is 1.98. The molecule has 0 saturated heterocycles. The van der Waals surface area contributed by atoms with Gasteiger partial charge in [0.25, 0.3) is 0 Å². The summed E-state index contributed by atoms with van der Waals surface area (Å²) in [5.74, 6) is 1.88. The Morgan fingerprint density at radius 1 is 1.20 bits per heavy atom. The molecular formula is C16H20N4. The second kappa shape index (κ2) is 5.12.